The zero-order valence-corrected chi connectivity index (χ0v) is 16.3. The third-order valence-corrected chi connectivity index (χ3v) is 5.71. The number of nitrogens with one attached hydrogen (secondary N) is 1. The molecule has 0 aliphatic carbocycles. The van der Waals surface area contributed by atoms with Crippen molar-refractivity contribution in [3.8, 4) is 0 Å². The number of carbonyl (C=O) groups excluding carboxylic acids is 1. The van der Waals surface area contributed by atoms with Crippen LogP contribution in [0.1, 0.15) is 11.3 Å². The van der Waals surface area contributed by atoms with Gasteiger partial charge in [0.25, 0.3) is 0 Å². The minimum Gasteiger partial charge on any atom is -0.340 e. The van der Waals surface area contributed by atoms with E-state index in [4.69, 9.17) is 0 Å². The van der Waals surface area contributed by atoms with Crippen LogP contribution in [0.5, 0.6) is 0 Å². The minimum atomic E-state index is 0. The fraction of sp³-hybridized carbons (Fsp3) is 0.643. The predicted molar refractivity (Wildman–Crippen MR) is 99.3 cm³/mol. The highest BCUT2D eigenvalue weighted by atomic mass is 79.9. The van der Waals surface area contributed by atoms with Gasteiger partial charge in [0.1, 0.15) is 0 Å². The second kappa shape index (κ2) is 9.45. The van der Waals surface area contributed by atoms with Crippen LogP contribution in [0.2, 0.25) is 0 Å². The summed E-state index contributed by atoms with van der Waals surface area (Å²) >= 11 is 5.30. The Balaban J connectivity index is 0.00000121. The molecule has 3 rings (SSSR count). The van der Waals surface area contributed by atoms with Crippen LogP contribution in [-0.4, -0.2) is 55.0 Å². The van der Waals surface area contributed by atoms with Gasteiger partial charge in [0.15, 0.2) is 0 Å². The van der Waals surface area contributed by atoms with Crippen molar-refractivity contribution < 1.29 is 4.79 Å². The van der Waals surface area contributed by atoms with Crippen molar-refractivity contribution in [2.75, 3.05) is 39.3 Å². The Kier molecular flexibility index (Phi) is 8.67. The van der Waals surface area contributed by atoms with Crippen molar-refractivity contribution in [3.63, 3.8) is 0 Å². The fourth-order valence-corrected chi connectivity index (χ4v) is 4.43. The smallest absolute Gasteiger partial charge is 0.227 e. The number of thiophene rings is 1. The molecule has 0 saturated carbocycles. The fourth-order valence-electron chi connectivity index (χ4n) is 2.91. The Morgan fingerprint density at radius 2 is 2.00 bits per heavy atom. The molecule has 1 unspecified atom stereocenters. The van der Waals surface area contributed by atoms with Gasteiger partial charge >= 0.3 is 0 Å². The molecule has 22 heavy (non-hydrogen) atoms. The number of hydrogen-bond acceptors (Lipinski definition) is 4. The second-order valence-corrected chi connectivity index (χ2v) is 8.04. The molecule has 1 amide bonds. The molecule has 1 N–H and O–H groups in total. The third kappa shape index (κ3) is 5.08. The quantitative estimate of drug-likeness (QED) is 0.800. The molecule has 1 atom stereocenters. The largest absolute Gasteiger partial charge is 0.340 e. The maximum atomic E-state index is 12.3. The summed E-state index contributed by atoms with van der Waals surface area (Å²) in [5.74, 6) is 0.573. The van der Waals surface area contributed by atoms with E-state index >= 15 is 0 Å². The normalized spacial score (nSPS) is 22.0. The first-order valence-corrected chi connectivity index (χ1v) is 8.79. The van der Waals surface area contributed by atoms with E-state index in [9.17, 15) is 4.79 Å². The van der Waals surface area contributed by atoms with E-state index in [1.165, 1.54) is 8.66 Å². The molecular formula is C14H22BrCl2N3OS. The van der Waals surface area contributed by atoms with E-state index in [1.807, 2.05) is 0 Å². The number of nitrogens with zero attached hydrogens (tertiary/aromatic N) is 2. The van der Waals surface area contributed by atoms with Crippen LogP contribution < -0.4 is 5.32 Å². The Morgan fingerprint density at radius 3 is 2.55 bits per heavy atom. The Bertz CT molecular complexity index is 474. The standard InChI is InChI=1S/C14H20BrN3OS.2ClH/c15-13-2-1-12(20-13)10-17-5-7-18(8-6-17)14(19)11-3-4-16-9-11;;/h1-2,11,16H,3-10H2;2*1H. The minimum absolute atomic E-state index is 0. The topological polar surface area (TPSA) is 35.6 Å². The van der Waals surface area contributed by atoms with Crippen molar-refractivity contribution in [2.24, 2.45) is 5.92 Å². The van der Waals surface area contributed by atoms with Crippen LogP contribution in [0.3, 0.4) is 0 Å². The van der Waals surface area contributed by atoms with Crippen molar-refractivity contribution in [1.29, 1.82) is 0 Å². The van der Waals surface area contributed by atoms with Gasteiger partial charge in [-0.2, -0.15) is 0 Å². The molecule has 1 aromatic heterocycles. The van der Waals surface area contributed by atoms with Crippen LogP contribution in [-0.2, 0) is 11.3 Å². The molecule has 2 aliphatic rings. The van der Waals surface area contributed by atoms with E-state index in [-0.39, 0.29) is 30.7 Å². The molecule has 126 valence electrons. The van der Waals surface area contributed by atoms with E-state index < -0.39 is 0 Å². The van der Waals surface area contributed by atoms with Crippen molar-refractivity contribution in [2.45, 2.75) is 13.0 Å². The van der Waals surface area contributed by atoms with Crippen molar-refractivity contribution >= 4 is 58.0 Å². The maximum absolute atomic E-state index is 12.3. The number of amides is 1. The Morgan fingerprint density at radius 1 is 1.27 bits per heavy atom. The lowest BCUT2D eigenvalue weighted by Crippen LogP contribution is -2.50. The third-order valence-electron chi connectivity index (χ3n) is 4.10. The molecule has 0 aromatic carbocycles. The van der Waals surface area contributed by atoms with Gasteiger partial charge in [-0.15, -0.1) is 36.2 Å². The van der Waals surface area contributed by atoms with Crippen LogP contribution in [0.15, 0.2) is 15.9 Å². The number of piperazine rings is 1. The zero-order chi connectivity index (χ0) is 13.9. The van der Waals surface area contributed by atoms with Gasteiger partial charge < -0.3 is 10.2 Å². The summed E-state index contributed by atoms with van der Waals surface area (Å²) in [4.78, 5) is 18.2. The number of rotatable bonds is 3. The van der Waals surface area contributed by atoms with E-state index in [2.05, 4.69) is 43.2 Å². The SMILES string of the molecule is Cl.Cl.O=C(C1CCNC1)N1CCN(Cc2ccc(Br)s2)CC1. The lowest BCUT2D eigenvalue weighted by molar-refractivity contribution is -0.136. The van der Waals surface area contributed by atoms with Crippen molar-refractivity contribution in [1.82, 2.24) is 15.1 Å². The molecule has 2 aliphatic heterocycles. The monoisotopic (exact) mass is 429 g/mol. The van der Waals surface area contributed by atoms with Gasteiger partial charge in [0, 0.05) is 44.1 Å². The molecule has 0 radical (unpaired) electrons. The zero-order valence-electron chi connectivity index (χ0n) is 12.3. The average molecular weight is 431 g/mol. The highest BCUT2D eigenvalue weighted by Crippen LogP contribution is 2.24. The van der Waals surface area contributed by atoms with Gasteiger partial charge in [-0.1, -0.05) is 0 Å². The highest BCUT2D eigenvalue weighted by Gasteiger charge is 2.29. The average Bonchev–Trinajstić information content (AvgIpc) is 3.11. The predicted octanol–water partition coefficient (Wildman–Crippen LogP) is 2.61. The molecule has 0 bridgehead atoms. The summed E-state index contributed by atoms with van der Waals surface area (Å²) < 4.78 is 1.19. The lowest BCUT2D eigenvalue weighted by Gasteiger charge is -2.35. The number of halogens is 3. The molecule has 2 saturated heterocycles. The summed E-state index contributed by atoms with van der Waals surface area (Å²) in [6.07, 6.45) is 1.00. The van der Waals surface area contributed by atoms with Crippen LogP contribution in [0.4, 0.5) is 0 Å². The first-order valence-electron chi connectivity index (χ1n) is 7.18. The molecule has 3 heterocycles. The molecule has 4 nitrogen and oxygen atoms in total. The molecule has 8 heteroatoms. The van der Waals surface area contributed by atoms with E-state index in [0.717, 1.165) is 52.2 Å². The molecule has 2 fully saturated rings. The second-order valence-electron chi connectivity index (χ2n) is 5.50. The van der Waals surface area contributed by atoms with E-state index in [0.29, 0.717) is 5.91 Å². The molecular weight excluding hydrogens is 409 g/mol. The first kappa shape index (κ1) is 20.2. The number of carbonyl (C=O) groups is 1. The van der Waals surface area contributed by atoms with Crippen molar-refractivity contribution in [3.05, 3.63) is 20.8 Å². The summed E-state index contributed by atoms with van der Waals surface area (Å²) in [5, 5.41) is 3.28. The lowest BCUT2D eigenvalue weighted by atomic mass is 10.1. The first-order chi connectivity index (χ1) is 9.72. The number of hydrogen-bond donors (Lipinski definition) is 1. The Labute approximate surface area is 156 Å². The maximum Gasteiger partial charge on any atom is 0.227 e. The summed E-state index contributed by atoms with van der Waals surface area (Å²) in [6, 6.07) is 4.28. The van der Waals surface area contributed by atoms with E-state index in [1.54, 1.807) is 11.3 Å². The van der Waals surface area contributed by atoms with Gasteiger partial charge in [-0.05, 0) is 41.0 Å². The molecule has 1 aromatic rings. The van der Waals surface area contributed by atoms with Crippen LogP contribution >= 0.6 is 52.1 Å². The van der Waals surface area contributed by atoms with Gasteiger partial charge in [0.05, 0.1) is 9.70 Å². The van der Waals surface area contributed by atoms with Gasteiger partial charge in [-0.25, -0.2) is 0 Å². The highest BCUT2D eigenvalue weighted by molar-refractivity contribution is 9.11. The van der Waals surface area contributed by atoms with Crippen LogP contribution in [0, 0.1) is 5.92 Å². The summed E-state index contributed by atoms with van der Waals surface area (Å²) in [7, 11) is 0. The summed E-state index contributed by atoms with van der Waals surface area (Å²) in [6.45, 7) is 6.59. The summed E-state index contributed by atoms with van der Waals surface area (Å²) in [5.41, 5.74) is 0. The van der Waals surface area contributed by atoms with Gasteiger partial charge in [-0.3, -0.25) is 9.69 Å². The molecule has 0 spiro atoms. The van der Waals surface area contributed by atoms with Gasteiger partial charge in [0.2, 0.25) is 5.91 Å². The Hall–Kier alpha value is 0.150. The van der Waals surface area contributed by atoms with Crippen LogP contribution in [0.25, 0.3) is 0 Å².